The number of para-hydroxylation sites is 8. The maximum atomic E-state index is 5.25. The summed E-state index contributed by atoms with van der Waals surface area (Å²) in [6.45, 7) is 2.17. The van der Waals surface area contributed by atoms with E-state index in [2.05, 4.69) is 460 Å². The van der Waals surface area contributed by atoms with Gasteiger partial charge in [0, 0.05) is 123 Å². The number of rotatable bonds is 13. The molecule has 17 aromatic carbocycles. The minimum Gasteiger partial charge on any atom is -0.301 e. The Labute approximate surface area is 844 Å². The predicted molar refractivity (Wildman–Crippen MR) is 610 cm³/mol. The van der Waals surface area contributed by atoms with Crippen LogP contribution in [0, 0.1) is 0 Å². The second-order valence-electron chi connectivity index (χ2n) is 36.6. The van der Waals surface area contributed by atoms with Crippen LogP contribution in [-0.2, 0) is 6.42 Å². The third kappa shape index (κ3) is 14.1. The molecular formula is C131H83N11S3. The van der Waals surface area contributed by atoms with Gasteiger partial charge in [-0.2, -0.15) is 0 Å². The number of nitrogens with zero attached hydrogens (tertiary/aromatic N) is 11. The molecule has 0 saturated carbocycles. The van der Waals surface area contributed by atoms with Crippen molar-refractivity contribution < 1.29 is 0 Å². The minimum absolute atomic E-state index is 0.811. The van der Waals surface area contributed by atoms with E-state index < -0.39 is 0 Å². The molecule has 30 rings (SSSR count). The summed E-state index contributed by atoms with van der Waals surface area (Å²) in [6.07, 6.45) is 4.47. The highest BCUT2D eigenvalue weighted by Crippen LogP contribution is 2.54. The topological polar surface area (TPSA) is 110 Å². The number of aryl methyl sites for hydroxylation is 1. The second kappa shape index (κ2) is 35.2. The molecule has 13 heterocycles. The summed E-state index contributed by atoms with van der Waals surface area (Å²) in [6, 6.07) is 164. The van der Waals surface area contributed by atoms with Crippen LogP contribution in [0.3, 0.4) is 0 Å². The van der Waals surface area contributed by atoms with Gasteiger partial charge in [-0.25, -0.2) is 24.9 Å². The third-order valence-electron chi connectivity index (χ3n) is 28.4. The summed E-state index contributed by atoms with van der Waals surface area (Å²) in [5, 5.41) is 20.1. The Balaban J connectivity index is 0.000000106. The van der Waals surface area contributed by atoms with Crippen LogP contribution >= 0.6 is 34.0 Å². The zero-order valence-corrected chi connectivity index (χ0v) is 80.8. The van der Waals surface area contributed by atoms with Crippen molar-refractivity contribution in [2.75, 3.05) is 0 Å². The lowest BCUT2D eigenvalue weighted by molar-refractivity contribution is 0.908. The molecule has 0 aliphatic carbocycles. The monoisotopic (exact) mass is 1910 g/mol. The second-order valence-corrected chi connectivity index (χ2v) is 39.6. The number of thiophene rings is 3. The molecule has 13 aromatic heterocycles. The molecule has 0 saturated heterocycles. The fourth-order valence-electron chi connectivity index (χ4n) is 22.0. The van der Waals surface area contributed by atoms with Gasteiger partial charge in [0.15, 0.2) is 0 Å². The molecule has 0 spiro atoms. The molecule has 0 aliphatic heterocycles. The fraction of sp³-hybridized carbons (Fsp3) is 0.0153. The van der Waals surface area contributed by atoms with Gasteiger partial charge in [0.1, 0.15) is 20.3 Å². The van der Waals surface area contributed by atoms with E-state index in [-0.39, 0.29) is 0 Å². The van der Waals surface area contributed by atoms with Crippen LogP contribution in [0.1, 0.15) is 12.7 Å². The van der Waals surface area contributed by atoms with Gasteiger partial charge in [0.2, 0.25) is 0 Å². The molecule has 0 N–H and O–H groups in total. The third-order valence-corrected chi connectivity index (χ3v) is 31.9. The zero-order chi connectivity index (χ0) is 95.7. The van der Waals surface area contributed by atoms with Crippen LogP contribution in [0.5, 0.6) is 0 Å². The van der Waals surface area contributed by atoms with Crippen molar-refractivity contribution in [3.63, 3.8) is 0 Å². The van der Waals surface area contributed by atoms with Crippen LogP contribution in [0.2, 0.25) is 0 Å². The average molecular weight is 1910 g/mol. The summed E-state index contributed by atoms with van der Waals surface area (Å²) in [5.74, 6) is 1.07. The Hall–Kier alpha value is -18.3. The van der Waals surface area contributed by atoms with Gasteiger partial charge < -0.3 is 13.7 Å². The smallest absolute Gasteiger partial charge is 0.114 e. The average Bonchev–Trinajstić information content (AvgIpc) is 1.61. The van der Waals surface area contributed by atoms with Crippen molar-refractivity contribution in [3.8, 4) is 113 Å². The molecule has 0 unspecified atom stereocenters. The van der Waals surface area contributed by atoms with E-state index in [1.54, 1.807) is 12.4 Å². The van der Waals surface area contributed by atoms with Gasteiger partial charge in [0.25, 0.3) is 0 Å². The highest BCUT2D eigenvalue weighted by atomic mass is 32.1. The maximum Gasteiger partial charge on any atom is 0.114 e. The highest BCUT2D eigenvalue weighted by molar-refractivity contribution is 7.27. The molecule has 0 fully saturated rings. The van der Waals surface area contributed by atoms with E-state index in [0.717, 1.165) is 130 Å². The Bertz CT molecular complexity index is 10200. The summed E-state index contributed by atoms with van der Waals surface area (Å²) >= 11 is 5.51. The van der Waals surface area contributed by atoms with Gasteiger partial charge in [-0.3, -0.25) is 14.5 Å². The maximum absolute atomic E-state index is 5.25. The molecule has 30 aromatic rings. The first-order chi connectivity index (χ1) is 71.9. The van der Waals surface area contributed by atoms with Gasteiger partial charge in [-0.15, -0.1) is 34.0 Å². The lowest BCUT2D eigenvalue weighted by Crippen LogP contribution is -2.01. The normalized spacial score (nSPS) is 11.8. The predicted octanol–water partition coefficient (Wildman–Crippen LogP) is 35.4. The largest absolute Gasteiger partial charge is 0.301 e. The summed E-state index contributed by atoms with van der Waals surface area (Å²) in [4.78, 5) is 38.4. The Morgan fingerprint density at radius 3 is 0.834 bits per heavy atom. The van der Waals surface area contributed by atoms with Crippen LogP contribution in [0.4, 0.5) is 0 Å². The highest BCUT2D eigenvalue weighted by Gasteiger charge is 2.29. The van der Waals surface area contributed by atoms with Crippen molar-refractivity contribution in [3.05, 3.63) is 479 Å². The van der Waals surface area contributed by atoms with Crippen molar-refractivity contribution in [1.29, 1.82) is 0 Å². The molecule has 145 heavy (non-hydrogen) atoms. The lowest BCUT2D eigenvalue weighted by atomic mass is 9.86. The minimum atomic E-state index is 0.811. The van der Waals surface area contributed by atoms with Gasteiger partial charge in [0.05, 0.1) is 98.1 Å². The van der Waals surface area contributed by atoms with E-state index >= 15 is 0 Å². The lowest BCUT2D eigenvalue weighted by Gasteiger charge is -2.18. The Morgan fingerprint density at radius 1 is 0.200 bits per heavy atom. The van der Waals surface area contributed by atoms with Crippen molar-refractivity contribution in [2.24, 2.45) is 0 Å². The van der Waals surface area contributed by atoms with E-state index in [4.69, 9.17) is 24.9 Å². The Morgan fingerprint density at radius 2 is 0.483 bits per heavy atom. The molecule has 0 radical (unpaired) electrons. The van der Waals surface area contributed by atoms with Crippen LogP contribution in [0.25, 0.3) is 272 Å². The molecule has 0 amide bonds. The molecule has 0 atom stereocenters. The van der Waals surface area contributed by atoms with E-state index in [0.29, 0.717) is 0 Å². The number of hydrogen-bond acceptors (Lipinski definition) is 10. The van der Waals surface area contributed by atoms with Gasteiger partial charge >= 0.3 is 0 Å². The summed E-state index contributed by atoms with van der Waals surface area (Å²) in [7, 11) is 0. The first-order valence-corrected chi connectivity index (χ1v) is 51.4. The van der Waals surface area contributed by atoms with Crippen LogP contribution in [0.15, 0.2) is 473 Å². The SMILES string of the molecule is CCc1nc2ccccc2n1-c1ccc(-n2c3ccccc3c3c4c(sc32)c(-c2ccccc2)nc2ccccc24)cc1.c1ccc(-c2c3ccccc3c(-c3ccc(-n4c5ccccc5c5c6c(sc54)c(-c4ccccc4)nc4ccccc46)cc3)c3ccccc23)cc1.c1ccc(-c2nc3ccccc3c3c2sc2c3c3ccccc3n2-c2ccc(-c3cc(-c4ccccn4)nc(-c4ccccn4)c3)cc2)cc1. The van der Waals surface area contributed by atoms with Gasteiger partial charge in [-0.1, -0.05) is 335 Å². The quantitative estimate of drug-likeness (QED) is 0.106. The first-order valence-electron chi connectivity index (χ1n) is 49.0. The first kappa shape index (κ1) is 84.7. The number of pyridine rings is 6. The number of hydrogen-bond donors (Lipinski definition) is 0. The summed E-state index contributed by atoms with van der Waals surface area (Å²) in [5.41, 5.74) is 30.3. The van der Waals surface area contributed by atoms with Crippen molar-refractivity contribution in [2.45, 2.75) is 13.3 Å². The molecule has 11 nitrogen and oxygen atoms in total. The van der Waals surface area contributed by atoms with Crippen LogP contribution < -0.4 is 0 Å². The summed E-state index contributed by atoms with van der Waals surface area (Å²) < 4.78 is 13.2. The molecule has 680 valence electrons. The van der Waals surface area contributed by atoms with E-state index in [1.807, 2.05) is 70.4 Å². The standard InChI is InChI=1S/C49H30N2S.C44H27N5S.C38H26N4S/c1-3-15-31(16-4-1)43-35-19-7-9-21-37(35)44(38-22-10-8-20-36(38)43)32-27-29-34(30-28-32)51-42-26-14-12-24-40(42)46-45-39-23-11-13-25-41(39)50-47(48(45)52-49(46)51)33-17-5-2-6-18-33;1-2-12-29(13-3-1)42-43-40(32-14-4-6-16-34(32)48-42)41-33-15-5-7-19-39(33)49(44(41)50-43)31-22-20-28(21-23-31)30-26-37(35-17-8-10-24-45-35)47-38(27-30)36-18-9-11-25-46-36;1-2-33-39-30-17-9-11-19-32(30)41(33)25-20-22-26(23-21-25)42-31-18-10-7-15-28(31)35-34-27-14-6-8-16-29(27)40-36(37(34)43-38(35)42)24-12-4-3-5-13-24/h1-30H;1-27H;3-23H,2H2,1H3. The number of benzene rings is 17. The number of fused-ring (bicyclic) bond motifs is 24. The molecule has 14 heteroatoms. The Kier molecular flexibility index (Phi) is 20.6. The van der Waals surface area contributed by atoms with Crippen LogP contribution in [-0.4, -0.2) is 53.2 Å². The zero-order valence-electron chi connectivity index (χ0n) is 78.4. The molecule has 0 aliphatic rings. The molecular weight excluding hydrogens is 1820 g/mol. The number of aromatic nitrogens is 11. The van der Waals surface area contributed by atoms with Gasteiger partial charge in [-0.05, 0) is 188 Å². The van der Waals surface area contributed by atoms with Crippen molar-refractivity contribution in [1.82, 2.24) is 53.2 Å². The fourth-order valence-corrected chi connectivity index (χ4v) is 26.1. The number of imidazole rings is 1. The van der Waals surface area contributed by atoms with Crippen molar-refractivity contribution >= 4 is 193 Å². The van der Waals surface area contributed by atoms with E-state index in [1.165, 1.54) is 154 Å². The molecule has 0 bridgehead atoms. The van der Waals surface area contributed by atoms with E-state index in [9.17, 15) is 0 Å².